The number of carbonyl (C=O) groups excluding carboxylic acids is 1. The van der Waals surface area contributed by atoms with Gasteiger partial charge in [0.15, 0.2) is 5.16 Å². The molecule has 0 N–H and O–H groups in total. The number of nitrogens with zero attached hydrogens (tertiary/aromatic N) is 3. The van der Waals surface area contributed by atoms with Crippen molar-refractivity contribution in [1.29, 1.82) is 0 Å². The standard InChI is InChI=1S/C22H35N3OS/c1-14-6-5-9-24(12-14)21(26)13-27-22-23-15(2)16(3)25(22)17(4)20-11-18-7-8-19(20)10-18/h14,17-20H,5-13H2,1-4H3/t14-,17-,18-,19-,20+/m0/s1. The zero-order chi connectivity index (χ0) is 19.1. The van der Waals surface area contributed by atoms with Crippen molar-refractivity contribution < 1.29 is 4.79 Å². The number of hydrogen-bond acceptors (Lipinski definition) is 3. The Morgan fingerprint density at radius 1 is 1.26 bits per heavy atom. The predicted octanol–water partition coefficient (Wildman–Crippen LogP) is 4.85. The van der Waals surface area contributed by atoms with Crippen molar-refractivity contribution in [3.63, 3.8) is 0 Å². The molecule has 150 valence electrons. The maximum atomic E-state index is 12.7. The molecule has 1 amide bonds. The van der Waals surface area contributed by atoms with Gasteiger partial charge in [-0.15, -0.1) is 0 Å². The molecule has 5 atom stereocenters. The molecule has 3 fully saturated rings. The number of carbonyl (C=O) groups is 1. The average Bonchev–Trinajstić information content (AvgIpc) is 3.35. The molecular weight excluding hydrogens is 354 g/mol. The van der Waals surface area contributed by atoms with Gasteiger partial charge in [-0.3, -0.25) is 4.79 Å². The van der Waals surface area contributed by atoms with Gasteiger partial charge >= 0.3 is 0 Å². The second-order valence-corrected chi connectivity index (χ2v) is 10.3. The topological polar surface area (TPSA) is 38.1 Å². The van der Waals surface area contributed by atoms with Gasteiger partial charge in [-0.05, 0) is 76.5 Å². The van der Waals surface area contributed by atoms with Gasteiger partial charge in [-0.1, -0.05) is 25.1 Å². The smallest absolute Gasteiger partial charge is 0.233 e. The van der Waals surface area contributed by atoms with Crippen LogP contribution < -0.4 is 0 Å². The van der Waals surface area contributed by atoms with E-state index in [4.69, 9.17) is 4.98 Å². The van der Waals surface area contributed by atoms with Gasteiger partial charge < -0.3 is 9.47 Å². The highest BCUT2D eigenvalue weighted by atomic mass is 32.2. The number of rotatable bonds is 5. The third-order valence-corrected chi connectivity index (χ3v) is 8.45. The van der Waals surface area contributed by atoms with E-state index in [1.165, 1.54) is 37.8 Å². The van der Waals surface area contributed by atoms with Gasteiger partial charge in [-0.25, -0.2) is 4.98 Å². The lowest BCUT2D eigenvalue weighted by Gasteiger charge is -2.31. The van der Waals surface area contributed by atoms with Crippen LogP contribution >= 0.6 is 11.8 Å². The van der Waals surface area contributed by atoms with E-state index >= 15 is 0 Å². The molecule has 2 aliphatic carbocycles. The highest BCUT2D eigenvalue weighted by Gasteiger charge is 2.43. The fourth-order valence-corrected chi connectivity index (χ4v) is 6.97. The molecule has 0 radical (unpaired) electrons. The first-order valence-electron chi connectivity index (χ1n) is 10.9. The van der Waals surface area contributed by atoms with Crippen molar-refractivity contribution in [3.05, 3.63) is 11.4 Å². The minimum atomic E-state index is 0.281. The Balaban J connectivity index is 1.45. The Morgan fingerprint density at radius 3 is 2.74 bits per heavy atom. The maximum absolute atomic E-state index is 12.7. The molecular formula is C22H35N3OS. The summed E-state index contributed by atoms with van der Waals surface area (Å²) in [6.07, 6.45) is 8.08. The van der Waals surface area contributed by atoms with Crippen molar-refractivity contribution in [2.45, 2.75) is 77.4 Å². The minimum absolute atomic E-state index is 0.281. The Morgan fingerprint density at radius 2 is 2.07 bits per heavy atom. The Bertz CT molecular complexity index is 700. The lowest BCUT2D eigenvalue weighted by atomic mass is 9.84. The van der Waals surface area contributed by atoms with Gasteiger partial charge in [0, 0.05) is 24.8 Å². The Labute approximate surface area is 168 Å². The van der Waals surface area contributed by atoms with Crippen LogP contribution in [0.2, 0.25) is 0 Å². The van der Waals surface area contributed by atoms with E-state index in [-0.39, 0.29) is 5.91 Å². The monoisotopic (exact) mass is 389 g/mol. The van der Waals surface area contributed by atoms with Gasteiger partial charge in [-0.2, -0.15) is 0 Å². The molecule has 4 rings (SSSR count). The molecule has 2 bridgehead atoms. The number of aromatic nitrogens is 2. The zero-order valence-corrected chi connectivity index (χ0v) is 18.2. The van der Waals surface area contributed by atoms with Gasteiger partial charge in [0.1, 0.15) is 0 Å². The van der Waals surface area contributed by atoms with E-state index in [1.54, 1.807) is 11.8 Å². The summed E-state index contributed by atoms with van der Waals surface area (Å²) in [5.41, 5.74) is 2.40. The van der Waals surface area contributed by atoms with E-state index in [0.717, 1.165) is 48.1 Å². The van der Waals surface area contributed by atoms with Crippen molar-refractivity contribution >= 4 is 17.7 Å². The van der Waals surface area contributed by atoms with E-state index in [0.29, 0.717) is 17.7 Å². The molecule has 2 heterocycles. The number of imidazole rings is 1. The number of amides is 1. The second kappa shape index (κ2) is 7.81. The molecule has 4 nitrogen and oxygen atoms in total. The van der Waals surface area contributed by atoms with Crippen LogP contribution in [0.5, 0.6) is 0 Å². The van der Waals surface area contributed by atoms with Crippen LogP contribution in [-0.4, -0.2) is 39.2 Å². The van der Waals surface area contributed by atoms with Crippen LogP contribution in [0.15, 0.2) is 5.16 Å². The number of likely N-dealkylation sites (tertiary alicyclic amines) is 1. The summed E-state index contributed by atoms with van der Waals surface area (Å²) in [4.78, 5) is 19.6. The zero-order valence-electron chi connectivity index (χ0n) is 17.4. The fraction of sp³-hybridized carbons (Fsp3) is 0.818. The SMILES string of the molecule is Cc1nc(SCC(=O)N2CCC[C@H](C)C2)n([C@@H](C)[C@H]2C[C@H]3CC[C@H]2C3)c1C. The third kappa shape index (κ3) is 3.81. The van der Waals surface area contributed by atoms with Crippen molar-refractivity contribution in [3.8, 4) is 0 Å². The van der Waals surface area contributed by atoms with Crippen molar-refractivity contribution in [2.75, 3.05) is 18.8 Å². The van der Waals surface area contributed by atoms with Gasteiger partial charge in [0.25, 0.3) is 0 Å². The highest BCUT2D eigenvalue weighted by Crippen LogP contribution is 2.52. The molecule has 5 heteroatoms. The first-order chi connectivity index (χ1) is 12.9. The summed E-state index contributed by atoms with van der Waals surface area (Å²) in [7, 11) is 0. The number of hydrogen-bond donors (Lipinski definition) is 0. The summed E-state index contributed by atoms with van der Waals surface area (Å²) in [6, 6.07) is 0.495. The van der Waals surface area contributed by atoms with E-state index in [2.05, 4.69) is 37.2 Å². The van der Waals surface area contributed by atoms with E-state index < -0.39 is 0 Å². The number of thioether (sulfide) groups is 1. The van der Waals surface area contributed by atoms with Crippen LogP contribution in [0.3, 0.4) is 0 Å². The molecule has 3 aliphatic rings. The molecule has 2 saturated carbocycles. The van der Waals surface area contributed by atoms with Crippen molar-refractivity contribution in [1.82, 2.24) is 14.5 Å². The molecule has 0 spiro atoms. The Kier molecular flexibility index (Phi) is 5.59. The largest absolute Gasteiger partial charge is 0.342 e. The summed E-state index contributed by atoms with van der Waals surface area (Å²) in [5, 5.41) is 1.05. The molecule has 1 aromatic rings. The highest BCUT2D eigenvalue weighted by molar-refractivity contribution is 7.99. The van der Waals surface area contributed by atoms with E-state index in [9.17, 15) is 4.79 Å². The number of aryl methyl sites for hydroxylation is 1. The molecule has 0 aromatic carbocycles. The second-order valence-electron chi connectivity index (χ2n) is 9.39. The lowest BCUT2D eigenvalue weighted by molar-refractivity contribution is -0.130. The van der Waals surface area contributed by atoms with Crippen LogP contribution in [0.4, 0.5) is 0 Å². The maximum Gasteiger partial charge on any atom is 0.233 e. The average molecular weight is 390 g/mol. The fourth-order valence-electron chi connectivity index (χ4n) is 5.89. The Hall–Kier alpha value is -0.970. The molecule has 0 unspecified atom stereocenters. The van der Waals surface area contributed by atoms with Crippen LogP contribution in [0.25, 0.3) is 0 Å². The summed E-state index contributed by atoms with van der Waals surface area (Å²) in [5.74, 6) is 4.09. The van der Waals surface area contributed by atoms with Gasteiger partial charge in [0.2, 0.25) is 5.91 Å². The molecule has 1 aliphatic heterocycles. The quantitative estimate of drug-likeness (QED) is 0.676. The normalized spacial score (nSPS) is 31.5. The molecule has 1 aromatic heterocycles. The third-order valence-electron chi connectivity index (χ3n) is 7.51. The predicted molar refractivity (Wildman–Crippen MR) is 111 cm³/mol. The van der Waals surface area contributed by atoms with Crippen LogP contribution in [0, 0.1) is 37.5 Å². The lowest BCUT2D eigenvalue weighted by Crippen LogP contribution is -2.40. The summed E-state index contributed by atoms with van der Waals surface area (Å²) in [6.45, 7) is 10.8. The first kappa shape index (κ1) is 19.4. The number of piperidine rings is 1. The first-order valence-corrected chi connectivity index (χ1v) is 11.9. The summed E-state index contributed by atoms with van der Waals surface area (Å²) >= 11 is 1.65. The van der Waals surface area contributed by atoms with E-state index in [1.807, 2.05) is 0 Å². The summed E-state index contributed by atoms with van der Waals surface area (Å²) < 4.78 is 2.46. The van der Waals surface area contributed by atoms with Crippen LogP contribution in [0.1, 0.15) is 69.8 Å². The number of fused-ring (bicyclic) bond motifs is 2. The van der Waals surface area contributed by atoms with Gasteiger partial charge in [0.05, 0.1) is 11.4 Å². The van der Waals surface area contributed by atoms with Crippen molar-refractivity contribution in [2.24, 2.45) is 23.7 Å². The van der Waals surface area contributed by atoms with Crippen LogP contribution in [-0.2, 0) is 4.79 Å². The minimum Gasteiger partial charge on any atom is -0.342 e. The molecule has 27 heavy (non-hydrogen) atoms. The molecule has 1 saturated heterocycles.